The number of nitrogens with zero attached hydrogens (tertiary/aromatic N) is 2. The number of halogens is 2. The molecule has 1 aliphatic heterocycles. The Balaban J connectivity index is 1.95. The summed E-state index contributed by atoms with van der Waals surface area (Å²) in [6, 6.07) is 8.44. The molecule has 5 nitrogen and oxygen atoms in total. The average molecular weight is 325 g/mol. The molecule has 1 atom stereocenters. The molecule has 0 N–H and O–H groups in total. The molecule has 0 saturated heterocycles. The van der Waals surface area contributed by atoms with Gasteiger partial charge in [-0.15, -0.1) is 5.10 Å². The predicted molar refractivity (Wildman–Crippen MR) is 78.1 cm³/mol. The lowest BCUT2D eigenvalue weighted by Crippen LogP contribution is -2.25. The summed E-state index contributed by atoms with van der Waals surface area (Å²) in [5, 5.41) is 6.19. The fourth-order valence-electron chi connectivity index (χ4n) is 1.95. The second-order valence-corrected chi connectivity index (χ2v) is 5.20. The van der Waals surface area contributed by atoms with Crippen LogP contribution in [-0.4, -0.2) is 16.8 Å². The summed E-state index contributed by atoms with van der Waals surface area (Å²) in [4.78, 5) is 11.7. The summed E-state index contributed by atoms with van der Waals surface area (Å²) >= 11 is 11.9. The summed E-state index contributed by atoms with van der Waals surface area (Å²) in [6.45, 7) is 1.41. The number of benzene rings is 1. The zero-order valence-corrected chi connectivity index (χ0v) is 12.4. The van der Waals surface area contributed by atoms with Gasteiger partial charge in [0.15, 0.2) is 5.76 Å². The first-order valence-electron chi connectivity index (χ1n) is 6.10. The zero-order chi connectivity index (χ0) is 15.0. The molecular weight excluding hydrogens is 315 g/mol. The monoisotopic (exact) mass is 324 g/mol. The maximum absolute atomic E-state index is 11.7. The van der Waals surface area contributed by atoms with Crippen molar-refractivity contribution < 1.29 is 13.9 Å². The first-order chi connectivity index (χ1) is 10.1. The summed E-state index contributed by atoms with van der Waals surface area (Å²) in [6.07, 6.45) is 0.809. The number of furan rings is 1. The van der Waals surface area contributed by atoms with Gasteiger partial charge in [-0.3, -0.25) is 4.79 Å². The first-order valence-corrected chi connectivity index (χ1v) is 6.86. The summed E-state index contributed by atoms with van der Waals surface area (Å²) in [5.74, 6) is 0.433. The van der Waals surface area contributed by atoms with E-state index in [4.69, 9.17) is 32.4 Å². The molecule has 1 aromatic carbocycles. The first kappa shape index (κ1) is 14.0. The maximum Gasteiger partial charge on any atom is 0.277 e. The van der Waals surface area contributed by atoms with Crippen LogP contribution >= 0.6 is 23.2 Å². The Morgan fingerprint density at radius 1 is 1.29 bits per heavy atom. The van der Waals surface area contributed by atoms with E-state index >= 15 is 0 Å². The Hall–Kier alpha value is -1.98. The molecule has 1 amide bonds. The van der Waals surface area contributed by atoms with Gasteiger partial charge in [-0.1, -0.05) is 29.3 Å². The van der Waals surface area contributed by atoms with Crippen LogP contribution < -0.4 is 0 Å². The van der Waals surface area contributed by atoms with Crippen molar-refractivity contribution in [3.05, 3.63) is 58.0 Å². The Morgan fingerprint density at radius 2 is 2.10 bits per heavy atom. The molecule has 0 fully saturated rings. The Morgan fingerprint density at radius 3 is 2.71 bits per heavy atom. The highest BCUT2D eigenvalue weighted by atomic mass is 35.5. The van der Waals surface area contributed by atoms with Crippen LogP contribution in [0.1, 0.15) is 24.5 Å². The average Bonchev–Trinajstić information content (AvgIpc) is 3.09. The largest absolute Gasteiger partial charge is 0.459 e. The standard InChI is InChI=1S/C14H10Cl2N2O3/c1-8(19)18-14(9-4-5-10(15)11(16)7-9)21-13(17-18)12-3-2-6-20-12/h2-7,14H,1H3. The van der Waals surface area contributed by atoms with Crippen molar-refractivity contribution in [1.82, 2.24) is 5.01 Å². The highest BCUT2D eigenvalue weighted by molar-refractivity contribution is 6.42. The van der Waals surface area contributed by atoms with E-state index in [1.807, 2.05) is 0 Å². The van der Waals surface area contributed by atoms with Gasteiger partial charge < -0.3 is 9.15 Å². The van der Waals surface area contributed by atoms with Crippen molar-refractivity contribution in [2.75, 3.05) is 0 Å². The molecule has 21 heavy (non-hydrogen) atoms. The topological polar surface area (TPSA) is 55.0 Å². The second-order valence-electron chi connectivity index (χ2n) is 4.39. The van der Waals surface area contributed by atoms with E-state index in [2.05, 4.69) is 5.10 Å². The minimum absolute atomic E-state index is 0.242. The van der Waals surface area contributed by atoms with Gasteiger partial charge in [-0.2, -0.15) is 5.01 Å². The van der Waals surface area contributed by atoms with E-state index in [0.717, 1.165) is 0 Å². The smallest absolute Gasteiger partial charge is 0.277 e. The van der Waals surface area contributed by atoms with E-state index in [9.17, 15) is 4.79 Å². The normalized spacial score (nSPS) is 17.6. The predicted octanol–water partition coefficient (Wildman–Crippen LogP) is 3.83. The number of amides is 1. The number of carbonyl (C=O) groups is 1. The molecule has 0 saturated carbocycles. The summed E-state index contributed by atoms with van der Waals surface area (Å²) in [5.41, 5.74) is 0.671. The highest BCUT2D eigenvalue weighted by Crippen LogP contribution is 2.33. The Bertz CT molecular complexity index is 713. The highest BCUT2D eigenvalue weighted by Gasteiger charge is 2.34. The van der Waals surface area contributed by atoms with Gasteiger partial charge in [0.1, 0.15) is 0 Å². The number of carbonyl (C=O) groups excluding carboxylic acids is 1. The van der Waals surface area contributed by atoms with Gasteiger partial charge in [-0.05, 0) is 24.3 Å². The third kappa shape index (κ3) is 2.62. The molecule has 0 radical (unpaired) electrons. The Labute approximate surface area is 130 Å². The Kier molecular flexibility index (Phi) is 3.61. The number of hydrogen-bond donors (Lipinski definition) is 0. The van der Waals surface area contributed by atoms with Crippen LogP contribution in [0.15, 0.2) is 46.1 Å². The third-order valence-electron chi connectivity index (χ3n) is 2.93. The number of hydrogen-bond acceptors (Lipinski definition) is 4. The van der Waals surface area contributed by atoms with Crippen LogP contribution in [0.3, 0.4) is 0 Å². The van der Waals surface area contributed by atoms with Crippen molar-refractivity contribution in [3.63, 3.8) is 0 Å². The minimum Gasteiger partial charge on any atom is -0.459 e. The molecule has 0 bridgehead atoms. The maximum atomic E-state index is 11.7. The molecule has 1 aliphatic rings. The van der Waals surface area contributed by atoms with Gasteiger partial charge in [0.2, 0.25) is 12.1 Å². The van der Waals surface area contributed by atoms with Crippen molar-refractivity contribution in [2.24, 2.45) is 5.10 Å². The molecule has 2 heterocycles. The molecule has 3 rings (SSSR count). The van der Waals surface area contributed by atoms with Crippen molar-refractivity contribution in [2.45, 2.75) is 13.2 Å². The van der Waals surface area contributed by atoms with Crippen molar-refractivity contribution in [1.29, 1.82) is 0 Å². The van der Waals surface area contributed by atoms with Gasteiger partial charge >= 0.3 is 0 Å². The molecule has 108 valence electrons. The lowest BCUT2D eigenvalue weighted by atomic mass is 10.2. The van der Waals surface area contributed by atoms with Crippen LogP contribution in [0.5, 0.6) is 0 Å². The van der Waals surface area contributed by atoms with Crippen LogP contribution in [0.25, 0.3) is 0 Å². The van der Waals surface area contributed by atoms with E-state index < -0.39 is 6.23 Å². The summed E-state index contributed by atoms with van der Waals surface area (Å²) < 4.78 is 11.0. The van der Waals surface area contributed by atoms with E-state index in [1.165, 1.54) is 18.2 Å². The molecule has 1 unspecified atom stereocenters. The number of hydrazone groups is 1. The molecule has 2 aromatic rings. The van der Waals surface area contributed by atoms with Crippen molar-refractivity contribution >= 4 is 35.0 Å². The third-order valence-corrected chi connectivity index (χ3v) is 3.67. The molecular formula is C14H10Cl2N2O3. The number of rotatable bonds is 2. The molecule has 0 aliphatic carbocycles. The van der Waals surface area contributed by atoms with Gasteiger partial charge in [-0.25, -0.2) is 0 Å². The van der Waals surface area contributed by atoms with Crippen LogP contribution in [-0.2, 0) is 9.53 Å². The summed E-state index contributed by atoms with van der Waals surface area (Å²) in [7, 11) is 0. The molecule has 1 aromatic heterocycles. The molecule has 7 heteroatoms. The SMILES string of the molecule is CC(=O)N1N=C(c2ccco2)OC1c1ccc(Cl)c(Cl)c1. The fraction of sp³-hybridized carbons (Fsp3) is 0.143. The number of ether oxygens (including phenoxy) is 1. The second kappa shape index (κ2) is 5.42. The van der Waals surface area contributed by atoms with E-state index in [-0.39, 0.29) is 11.8 Å². The molecule has 0 spiro atoms. The minimum atomic E-state index is -0.697. The fourth-order valence-corrected chi connectivity index (χ4v) is 2.25. The quantitative estimate of drug-likeness (QED) is 0.843. The van der Waals surface area contributed by atoms with Crippen LogP contribution in [0, 0.1) is 0 Å². The van der Waals surface area contributed by atoms with Crippen LogP contribution in [0.2, 0.25) is 10.0 Å². The lowest BCUT2D eigenvalue weighted by Gasteiger charge is -2.19. The van der Waals surface area contributed by atoms with Crippen LogP contribution in [0.4, 0.5) is 0 Å². The van der Waals surface area contributed by atoms with Crippen molar-refractivity contribution in [3.8, 4) is 0 Å². The van der Waals surface area contributed by atoms with E-state index in [0.29, 0.717) is 21.4 Å². The van der Waals surface area contributed by atoms with Gasteiger partial charge in [0.25, 0.3) is 5.90 Å². The lowest BCUT2D eigenvalue weighted by molar-refractivity contribution is -0.135. The van der Waals surface area contributed by atoms with E-state index in [1.54, 1.807) is 30.3 Å². The zero-order valence-electron chi connectivity index (χ0n) is 10.9. The van der Waals surface area contributed by atoms with Gasteiger partial charge in [0, 0.05) is 12.5 Å². The van der Waals surface area contributed by atoms with Gasteiger partial charge in [0.05, 0.1) is 16.3 Å².